The number of nitrogen functional groups attached to an aromatic ring is 1. The summed E-state index contributed by atoms with van der Waals surface area (Å²) in [6, 6.07) is 2.16. The summed E-state index contributed by atoms with van der Waals surface area (Å²) in [6.07, 6.45) is -0.869. The molecule has 2 aromatic rings. The Bertz CT molecular complexity index is 522. The van der Waals surface area contributed by atoms with Crippen molar-refractivity contribution in [3.63, 3.8) is 0 Å². The lowest BCUT2D eigenvalue weighted by Gasteiger charge is -2.10. The highest BCUT2D eigenvalue weighted by molar-refractivity contribution is 5.59. The zero-order chi connectivity index (χ0) is 12.5. The van der Waals surface area contributed by atoms with E-state index in [1.54, 1.807) is 0 Å². The van der Waals surface area contributed by atoms with Gasteiger partial charge in [0.05, 0.1) is 18.0 Å². The van der Waals surface area contributed by atoms with Crippen molar-refractivity contribution in [2.24, 2.45) is 0 Å². The Morgan fingerprint density at radius 1 is 1.06 bits per heavy atom. The van der Waals surface area contributed by atoms with Gasteiger partial charge in [-0.05, 0) is 12.1 Å². The minimum absolute atomic E-state index is 0.0344. The summed E-state index contributed by atoms with van der Waals surface area (Å²) in [6.45, 7) is 0. The van der Waals surface area contributed by atoms with Crippen LogP contribution in [-0.2, 0) is 6.18 Å². The van der Waals surface area contributed by atoms with Crippen molar-refractivity contribution in [1.82, 2.24) is 15.0 Å². The molecule has 17 heavy (non-hydrogen) atoms. The van der Waals surface area contributed by atoms with Gasteiger partial charge in [0.2, 0.25) is 0 Å². The highest BCUT2D eigenvalue weighted by atomic mass is 19.4. The molecule has 0 saturated heterocycles. The maximum absolute atomic E-state index is 12.7. The van der Waals surface area contributed by atoms with Crippen LogP contribution in [0.3, 0.4) is 0 Å². The summed E-state index contributed by atoms with van der Waals surface area (Å²) in [4.78, 5) is 11.1. The molecule has 2 N–H and O–H groups in total. The predicted octanol–water partition coefficient (Wildman–Crippen LogP) is 2.14. The van der Waals surface area contributed by atoms with Crippen molar-refractivity contribution in [2.45, 2.75) is 6.18 Å². The molecule has 0 atom stereocenters. The number of alkyl halides is 3. The molecule has 0 amide bonds. The third kappa shape index (κ3) is 2.32. The highest BCUT2D eigenvalue weighted by Gasteiger charge is 2.34. The molecule has 0 aliphatic carbocycles. The second-order valence-electron chi connectivity index (χ2n) is 3.22. The van der Waals surface area contributed by atoms with E-state index in [1.165, 1.54) is 18.5 Å². The average molecular weight is 240 g/mol. The largest absolute Gasteiger partial charge is 0.418 e. The van der Waals surface area contributed by atoms with Gasteiger partial charge in [0.15, 0.2) is 0 Å². The zero-order valence-corrected chi connectivity index (χ0v) is 8.44. The van der Waals surface area contributed by atoms with E-state index in [2.05, 4.69) is 15.0 Å². The van der Waals surface area contributed by atoms with E-state index in [0.29, 0.717) is 0 Å². The molecular formula is C10H7F3N4. The van der Waals surface area contributed by atoms with Crippen LogP contribution in [0.4, 0.5) is 19.0 Å². The van der Waals surface area contributed by atoms with Crippen molar-refractivity contribution >= 4 is 5.82 Å². The lowest BCUT2D eigenvalue weighted by Crippen LogP contribution is -2.09. The first-order valence-electron chi connectivity index (χ1n) is 4.58. The van der Waals surface area contributed by atoms with Gasteiger partial charge in [-0.2, -0.15) is 13.2 Å². The molecule has 88 valence electrons. The standard InChI is InChI=1S/C10H7F3N4/c11-10(12,13)6-2-1-3-15-9(6)7-4-17-8(14)5-16-7/h1-5H,(H2,14,17). The molecule has 0 fully saturated rings. The second-order valence-corrected chi connectivity index (χ2v) is 3.22. The average Bonchev–Trinajstić information content (AvgIpc) is 2.29. The minimum Gasteiger partial charge on any atom is -0.382 e. The van der Waals surface area contributed by atoms with Gasteiger partial charge in [0, 0.05) is 6.20 Å². The smallest absolute Gasteiger partial charge is 0.382 e. The van der Waals surface area contributed by atoms with E-state index < -0.39 is 11.7 Å². The molecule has 0 saturated carbocycles. The first-order valence-corrected chi connectivity index (χ1v) is 4.58. The number of anilines is 1. The fraction of sp³-hybridized carbons (Fsp3) is 0.100. The Balaban J connectivity index is 2.56. The molecule has 0 unspecified atom stereocenters. The monoisotopic (exact) mass is 240 g/mol. The number of hydrogen-bond donors (Lipinski definition) is 1. The fourth-order valence-electron chi connectivity index (χ4n) is 1.30. The SMILES string of the molecule is Nc1cnc(-c2ncccc2C(F)(F)F)cn1. The van der Waals surface area contributed by atoms with Crippen LogP contribution in [0.5, 0.6) is 0 Å². The number of halogens is 3. The van der Waals surface area contributed by atoms with Crippen molar-refractivity contribution in [1.29, 1.82) is 0 Å². The van der Waals surface area contributed by atoms with E-state index in [1.807, 2.05) is 0 Å². The third-order valence-electron chi connectivity index (χ3n) is 2.03. The molecule has 0 bridgehead atoms. The Labute approximate surface area is 94.3 Å². The Morgan fingerprint density at radius 2 is 1.82 bits per heavy atom. The lowest BCUT2D eigenvalue weighted by molar-refractivity contribution is -0.137. The molecule has 4 nitrogen and oxygen atoms in total. The molecule has 0 spiro atoms. The lowest BCUT2D eigenvalue weighted by atomic mass is 10.1. The predicted molar refractivity (Wildman–Crippen MR) is 54.7 cm³/mol. The van der Waals surface area contributed by atoms with E-state index in [4.69, 9.17) is 5.73 Å². The van der Waals surface area contributed by atoms with Gasteiger partial charge in [0.25, 0.3) is 0 Å². The second kappa shape index (κ2) is 4.00. The number of pyridine rings is 1. The molecule has 7 heteroatoms. The van der Waals surface area contributed by atoms with Gasteiger partial charge in [-0.25, -0.2) is 9.97 Å². The van der Waals surface area contributed by atoms with Gasteiger partial charge in [-0.3, -0.25) is 4.98 Å². The first kappa shape index (κ1) is 11.3. The summed E-state index contributed by atoms with van der Waals surface area (Å²) in [5, 5.41) is 0. The van der Waals surface area contributed by atoms with Crippen LogP contribution in [0, 0.1) is 0 Å². The van der Waals surface area contributed by atoms with Crippen molar-refractivity contribution in [3.05, 3.63) is 36.3 Å². The molecule has 0 aliphatic heterocycles. The van der Waals surface area contributed by atoms with Gasteiger partial charge < -0.3 is 5.73 Å². The Kier molecular flexibility index (Phi) is 2.66. The zero-order valence-electron chi connectivity index (χ0n) is 8.44. The quantitative estimate of drug-likeness (QED) is 0.829. The van der Waals surface area contributed by atoms with Crippen LogP contribution in [0.25, 0.3) is 11.4 Å². The normalized spacial score (nSPS) is 11.5. The van der Waals surface area contributed by atoms with E-state index in [9.17, 15) is 13.2 Å². The van der Waals surface area contributed by atoms with Crippen LogP contribution >= 0.6 is 0 Å². The number of hydrogen-bond acceptors (Lipinski definition) is 4. The number of aromatic nitrogens is 3. The van der Waals surface area contributed by atoms with Crippen molar-refractivity contribution < 1.29 is 13.2 Å². The number of rotatable bonds is 1. The summed E-state index contributed by atoms with van der Waals surface area (Å²) < 4.78 is 38.1. The van der Waals surface area contributed by atoms with Crippen LogP contribution in [0.15, 0.2) is 30.7 Å². The summed E-state index contributed by atoms with van der Waals surface area (Å²) in [7, 11) is 0. The highest BCUT2D eigenvalue weighted by Crippen LogP contribution is 2.34. The maximum atomic E-state index is 12.7. The van der Waals surface area contributed by atoms with Gasteiger partial charge in [-0.1, -0.05) is 0 Å². The van der Waals surface area contributed by atoms with Crippen LogP contribution in [0.1, 0.15) is 5.56 Å². The molecular weight excluding hydrogens is 233 g/mol. The number of nitrogens with zero attached hydrogens (tertiary/aromatic N) is 3. The van der Waals surface area contributed by atoms with Crippen molar-refractivity contribution in [3.8, 4) is 11.4 Å². The maximum Gasteiger partial charge on any atom is 0.418 e. The van der Waals surface area contributed by atoms with E-state index in [0.717, 1.165) is 12.3 Å². The van der Waals surface area contributed by atoms with E-state index in [-0.39, 0.29) is 17.2 Å². The van der Waals surface area contributed by atoms with Crippen LogP contribution in [-0.4, -0.2) is 15.0 Å². The molecule has 2 heterocycles. The number of nitrogens with two attached hydrogens (primary N) is 1. The molecule has 2 aromatic heterocycles. The topological polar surface area (TPSA) is 64.7 Å². The van der Waals surface area contributed by atoms with Gasteiger partial charge >= 0.3 is 6.18 Å². The Morgan fingerprint density at radius 3 is 2.41 bits per heavy atom. The Hall–Kier alpha value is -2.18. The molecule has 0 radical (unpaired) electrons. The summed E-state index contributed by atoms with van der Waals surface area (Å²) in [5.74, 6) is 0.137. The van der Waals surface area contributed by atoms with Crippen LogP contribution in [0.2, 0.25) is 0 Å². The summed E-state index contributed by atoms with van der Waals surface area (Å²) >= 11 is 0. The fourth-order valence-corrected chi connectivity index (χ4v) is 1.30. The van der Waals surface area contributed by atoms with Gasteiger partial charge in [0.1, 0.15) is 17.2 Å². The van der Waals surface area contributed by atoms with E-state index >= 15 is 0 Å². The summed E-state index contributed by atoms with van der Waals surface area (Å²) in [5.41, 5.74) is 4.24. The minimum atomic E-state index is -4.48. The first-order chi connectivity index (χ1) is 7.98. The molecule has 2 rings (SSSR count). The van der Waals surface area contributed by atoms with Crippen LogP contribution < -0.4 is 5.73 Å². The third-order valence-corrected chi connectivity index (χ3v) is 2.03. The van der Waals surface area contributed by atoms with Crippen molar-refractivity contribution in [2.75, 3.05) is 5.73 Å². The molecule has 0 aromatic carbocycles. The molecule has 0 aliphatic rings. The van der Waals surface area contributed by atoms with Gasteiger partial charge in [-0.15, -0.1) is 0 Å².